The van der Waals surface area contributed by atoms with Crippen molar-refractivity contribution in [3.63, 3.8) is 0 Å². The monoisotopic (exact) mass is 436 g/mol. The van der Waals surface area contributed by atoms with E-state index in [1.54, 1.807) is 40.1 Å². The van der Waals surface area contributed by atoms with E-state index in [0.29, 0.717) is 25.3 Å². The number of nitro groups is 1. The first kappa shape index (κ1) is 21.3. The smallest absolute Gasteiger partial charge is 0.287 e. The Morgan fingerprint density at radius 1 is 1.19 bits per heavy atom. The van der Waals surface area contributed by atoms with E-state index in [2.05, 4.69) is 0 Å². The second kappa shape index (κ2) is 8.64. The second-order valence-electron chi connectivity index (χ2n) is 7.56. The van der Waals surface area contributed by atoms with Gasteiger partial charge in [0.05, 0.1) is 11.5 Å². The SMILES string of the molecule is CC1CC(Oc2ccc([N+](=O)[O-])c(C#N)c2)C(=O)N1c1ccc(N2CCOCC2=O)cc1. The van der Waals surface area contributed by atoms with Gasteiger partial charge in [-0.2, -0.15) is 5.26 Å². The van der Waals surface area contributed by atoms with E-state index < -0.39 is 11.0 Å². The van der Waals surface area contributed by atoms with E-state index >= 15 is 0 Å². The number of benzene rings is 2. The molecule has 0 aromatic heterocycles. The molecular weight excluding hydrogens is 416 g/mol. The fourth-order valence-electron chi connectivity index (χ4n) is 3.95. The third-order valence-corrected chi connectivity index (χ3v) is 5.50. The molecule has 2 aliphatic rings. The van der Waals surface area contributed by atoms with Gasteiger partial charge < -0.3 is 19.3 Å². The van der Waals surface area contributed by atoms with Crippen LogP contribution in [-0.2, 0) is 14.3 Å². The van der Waals surface area contributed by atoms with Crippen LogP contribution in [0.4, 0.5) is 17.1 Å². The number of hydrogen-bond donors (Lipinski definition) is 0. The highest BCUT2D eigenvalue weighted by Crippen LogP contribution is 2.32. The summed E-state index contributed by atoms with van der Waals surface area (Å²) in [5, 5.41) is 20.2. The minimum absolute atomic E-state index is 0.0541. The van der Waals surface area contributed by atoms with Crippen molar-refractivity contribution in [1.82, 2.24) is 0 Å². The summed E-state index contributed by atoms with van der Waals surface area (Å²) in [6, 6.07) is 12.6. The first-order chi connectivity index (χ1) is 15.4. The maximum absolute atomic E-state index is 13.0. The molecule has 164 valence electrons. The molecule has 2 fully saturated rings. The minimum atomic E-state index is -0.779. The summed E-state index contributed by atoms with van der Waals surface area (Å²) < 4.78 is 10.9. The molecule has 0 spiro atoms. The van der Waals surface area contributed by atoms with E-state index in [0.717, 1.165) is 5.69 Å². The van der Waals surface area contributed by atoms with E-state index in [1.807, 2.05) is 6.92 Å². The molecule has 2 unspecified atom stereocenters. The van der Waals surface area contributed by atoms with Gasteiger partial charge in [-0.3, -0.25) is 19.7 Å². The minimum Gasteiger partial charge on any atom is -0.480 e. The number of carbonyl (C=O) groups is 2. The van der Waals surface area contributed by atoms with Gasteiger partial charge in [-0.1, -0.05) is 0 Å². The van der Waals surface area contributed by atoms with E-state index in [9.17, 15) is 19.7 Å². The highest BCUT2D eigenvalue weighted by Gasteiger charge is 2.40. The normalized spacial score (nSPS) is 20.9. The summed E-state index contributed by atoms with van der Waals surface area (Å²) >= 11 is 0. The molecule has 0 bridgehead atoms. The van der Waals surface area contributed by atoms with E-state index in [1.165, 1.54) is 18.2 Å². The Balaban J connectivity index is 1.49. The zero-order valence-electron chi connectivity index (χ0n) is 17.3. The Kier molecular flexibility index (Phi) is 5.75. The van der Waals surface area contributed by atoms with Crippen molar-refractivity contribution in [2.75, 3.05) is 29.6 Å². The fourth-order valence-corrected chi connectivity index (χ4v) is 3.95. The highest BCUT2D eigenvalue weighted by atomic mass is 16.6. The molecule has 2 aliphatic heterocycles. The second-order valence-corrected chi connectivity index (χ2v) is 7.56. The summed E-state index contributed by atoms with van der Waals surface area (Å²) in [6.07, 6.45) is -0.361. The number of ether oxygens (including phenoxy) is 2. The van der Waals surface area contributed by atoms with Crippen LogP contribution >= 0.6 is 0 Å². The number of anilines is 2. The molecule has 2 heterocycles. The maximum Gasteiger partial charge on any atom is 0.287 e. The number of nitro benzene ring substituents is 1. The first-order valence-electron chi connectivity index (χ1n) is 10.1. The van der Waals surface area contributed by atoms with Crippen LogP contribution in [0.25, 0.3) is 0 Å². The summed E-state index contributed by atoms with van der Waals surface area (Å²) in [5.41, 5.74) is 0.978. The van der Waals surface area contributed by atoms with Gasteiger partial charge in [0.1, 0.15) is 24.0 Å². The zero-order chi connectivity index (χ0) is 22.8. The van der Waals surface area contributed by atoms with Crippen molar-refractivity contribution in [2.24, 2.45) is 0 Å². The van der Waals surface area contributed by atoms with Crippen LogP contribution in [0.1, 0.15) is 18.9 Å². The fraction of sp³-hybridized carbons (Fsp3) is 0.318. The van der Waals surface area contributed by atoms with Gasteiger partial charge in [0.25, 0.3) is 17.5 Å². The molecule has 2 aromatic rings. The van der Waals surface area contributed by atoms with Gasteiger partial charge in [-0.05, 0) is 37.3 Å². The van der Waals surface area contributed by atoms with Crippen molar-refractivity contribution < 1.29 is 24.0 Å². The van der Waals surface area contributed by atoms with Gasteiger partial charge in [0.15, 0.2) is 6.10 Å². The molecule has 0 radical (unpaired) electrons. The molecule has 10 nitrogen and oxygen atoms in total. The summed E-state index contributed by atoms with van der Waals surface area (Å²) in [4.78, 5) is 38.7. The van der Waals surface area contributed by atoms with E-state index in [4.69, 9.17) is 14.7 Å². The molecular formula is C22H20N4O6. The van der Waals surface area contributed by atoms with Crippen LogP contribution in [0.3, 0.4) is 0 Å². The number of amides is 2. The molecule has 32 heavy (non-hydrogen) atoms. The Labute approximate surface area is 183 Å². The van der Waals surface area contributed by atoms with E-state index in [-0.39, 0.29) is 41.5 Å². The third-order valence-electron chi connectivity index (χ3n) is 5.50. The predicted octanol–water partition coefficient (Wildman–Crippen LogP) is 2.40. The first-order valence-corrected chi connectivity index (χ1v) is 10.1. The predicted molar refractivity (Wildman–Crippen MR) is 113 cm³/mol. The van der Waals surface area contributed by atoms with Crippen molar-refractivity contribution in [1.29, 1.82) is 5.26 Å². The molecule has 2 amide bonds. The number of rotatable bonds is 5. The average molecular weight is 436 g/mol. The van der Waals surface area contributed by atoms with Crippen LogP contribution in [-0.4, -0.2) is 48.6 Å². The van der Waals surface area contributed by atoms with Crippen LogP contribution in [0.2, 0.25) is 0 Å². The highest BCUT2D eigenvalue weighted by molar-refractivity contribution is 6.00. The molecule has 10 heteroatoms. The Morgan fingerprint density at radius 2 is 1.91 bits per heavy atom. The van der Waals surface area contributed by atoms with Crippen molar-refractivity contribution in [3.8, 4) is 11.8 Å². The van der Waals surface area contributed by atoms with Crippen molar-refractivity contribution in [3.05, 3.63) is 58.1 Å². The Hall–Kier alpha value is -3.97. The maximum atomic E-state index is 13.0. The van der Waals surface area contributed by atoms with Crippen molar-refractivity contribution >= 4 is 28.9 Å². The van der Waals surface area contributed by atoms with Crippen LogP contribution in [0.15, 0.2) is 42.5 Å². The van der Waals surface area contributed by atoms with Gasteiger partial charge in [0.2, 0.25) is 0 Å². The standard InChI is InChI=1S/C22H20N4O6/c1-14-10-20(32-18-6-7-19(26(29)30)15(11-18)12-23)22(28)25(14)17-4-2-16(3-5-17)24-8-9-31-13-21(24)27/h2-7,11,14,20H,8-10,13H2,1H3. The molecule has 0 N–H and O–H groups in total. The molecule has 2 saturated heterocycles. The lowest BCUT2D eigenvalue weighted by atomic mass is 10.2. The Bertz CT molecular complexity index is 1110. The number of nitriles is 1. The number of hydrogen-bond acceptors (Lipinski definition) is 7. The molecule has 0 aliphatic carbocycles. The summed E-state index contributed by atoms with van der Waals surface area (Å²) in [7, 11) is 0. The number of nitrogens with zero attached hydrogens (tertiary/aromatic N) is 4. The molecule has 4 rings (SSSR count). The molecule has 0 saturated carbocycles. The van der Waals surface area contributed by atoms with Gasteiger partial charge in [0, 0.05) is 42.5 Å². The molecule has 2 atom stereocenters. The van der Waals surface area contributed by atoms with Crippen molar-refractivity contribution in [2.45, 2.75) is 25.5 Å². The third kappa shape index (κ3) is 3.98. The van der Waals surface area contributed by atoms with Crippen LogP contribution in [0.5, 0.6) is 5.75 Å². The van der Waals surface area contributed by atoms with Crippen LogP contribution in [0, 0.1) is 21.4 Å². The largest absolute Gasteiger partial charge is 0.480 e. The number of morpholine rings is 1. The molecule has 2 aromatic carbocycles. The quantitative estimate of drug-likeness (QED) is 0.520. The van der Waals surface area contributed by atoms with Crippen LogP contribution < -0.4 is 14.5 Å². The lowest BCUT2D eigenvalue weighted by Crippen LogP contribution is -2.41. The summed E-state index contributed by atoms with van der Waals surface area (Å²) in [6.45, 7) is 2.91. The zero-order valence-corrected chi connectivity index (χ0v) is 17.3. The lowest BCUT2D eigenvalue weighted by molar-refractivity contribution is -0.385. The summed E-state index contributed by atoms with van der Waals surface area (Å²) in [5.74, 6) is -0.131. The topological polar surface area (TPSA) is 126 Å². The van der Waals surface area contributed by atoms with Gasteiger partial charge in [-0.15, -0.1) is 0 Å². The van der Waals surface area contributed by atoms with Gasteiger partial charge in [-0.25, -0.2) is 0 Å². The van der Waals surface area contributed by atoms with Gasteiger partial charge >= 0.3 is 0 Å². The lowest BCUT2D eigenvalue weighted by Gasteiger charge is -2.28. The Morgan fingerprint density at radius 3 is 2.56 bits per heavy atom. The average Bonchev–Trinajstić information content (AvgIpc) is 3.06. The number of carbonyl (C=O) groups excluding carboxylic acids is 2.